The van der Waals surface area contributed by atoms with E-state index in [1.54, 1.807) is 12.1 Å². The van der Waals surface area contributed by atoms with Gasteiger partial charge in [-0.3, -0.25) is 9.69 Å². The first-order valence-electron chi connectivity index (χ1n) is 4.58. The third-order valence-electron chi connectivity index (χ3n) is 2.16. The molecule has 1 amide bonds. The Hall–Kier alpha value is -1.69. The van der Waals surface area contributed by atoms with Gasteiger partial charge in [0.2, 0.25) is 5.91 Å². The van der Waals surface area contributed by atoms with E-state index in [0.29, 0.717) is 5.69 Å². The average molecular weight is 239 g/mol. The molecule has 1 unspecified atom stereocenters. The number of nitrogens with one attached hydrogen (secondary N) is 1. The van der Waals surface area contributed by atoms with E-state index in [1.807, 2.05) is 0 Å². The predicted molar refractivity (Wildman–Crippen MR) is 62.1 cm³/mol. The van der Waals surface area contributed by atoms with Crippen LogP contribution < -0.4 is 16.0 Å². The van der Waals surface area contributed by atoms with Crippen molar-refractivity contribution in [2.45, 2.75) is 5.50 Å². The molecule has 84 valence electrons. The zero-order valence-corrected chi connectivity index (χ0v) is 9.12. The zero-order chi connectivity index (χ0) is 11.7. The summed E-state index contributed by atoms with van der Waals surface area (Å²) in [4.78, 5) is 12.6. The standard InChI is InChI=1S/C10H10FN3OS/c11-6-2-1-3-7(4-6)14-8(12)5-9(15)13-10(14)16/h1-5,10,16H,12H2,(H,13,15). The van der Waals surface area contributed by atoms with Crippen molar-refractivity contribution < 1.29 is 9.18 Å². The molecule has 0 radical (unpaired) electrons. The third kappa shape index (κ3) is 1.96. The van der Waals surface area contributed by atoms with E-state index in [9.17, 15) is 9.18 Å². The summed E-state index contributed by atoms with van der Waals surface area (Å²) in [7, 11) is 0. The molecule has 1 aliphatic rings. The second-order valence-corrected chi connectivity index (χ2v) is 3.79. The van der Waals surface area contributed by atoms with Crippen LogP contribution in [0.3, 0.4) is 0 Å². The van der Waals surface area contributed by atoms with E-state index < -0.39 is 5.50 Å². The molecular weight excluding hydrogens is 229 g/mol. The normalized spacial score (nSPS) is 20.4. The van der Waals surface area contributed by atoms with E-state index in [2.05, 4.69) is 17.9 Å². The van der Waals surface area contributed by atoms with Crippen molar-refractivity contribution in [2.24, 2.45) is 5.73 Å². The number of rotatable bonds is 1. The van der Waals surface area contributed by atoms with Crippen molar-refractivity contribution in [3.05, 3.63) is 42.0 Å². The molecule has 0 saturated heterocycles. The van der Waals surface area contributed by atoms with Crippen molar-refractivity contribution in [3.63, 3.8) is 0 Å². The minimum Gasteiger partial charge on any atom is -0.385 e. The average Bonchev–Trinajstić information content (AvgIpc) is 2.15. The molecule has 16 heavy (non-hydrogen) atoms. The van der Waals surface area contributed by atoms with Crippen LogP contribution in [-0.4, -0.2) is 11.4 Å². The van der Waals surface area contributed by atoms with Crippen LogP contribution in [0.25, 0.3) is 0 Å². The van der Waals surface area contributed by atoms with Crippen molar-refractivity contribution in [2.75, 3.05) is 4.90 Å². The van der Waals surface area contributed by atoms with Gasteiger partial charge in [-0.2, -0.15) is 0 Å². The van der Waals surface area contributed by atoms with Crippen LogP contribution in [0.15, 0.2) is 36.2 Å². The summed E-state index contributed by atoms with van der Waals surface area (Å²) in [6.07, 6.45) is 1.23. The van der Waals surface area contributed by atoms with Gasteiger partial charge in [0.05, 0.1) is 0 Å². The van der Waals surface area contributed by atoms with E-state index in [-0.39, 0.29) is 17.5 Å². The van der Waals surface area contributed by atoms with Gasteiger partial charge < -0.3 is 11.1 Å². The lowest BCUT2D eigenvalue weighted by atomic mass is 10.2. The first-order chi connectivity index (χ1) is 7.58. The van der Waals surface area contributed by atoms with Crippen LogP contribution >= 0.6 is 12.6 Å². The molecule has 1 aromatic carbocycles. The predicted octanol–water partition coefficient (Wildman–Crippen LogP) is 0.775. The van der Waals surface area contributed by atoms with Crippen molar-refractivity contribution in [3.8, 4) is 0 Å². The SMILES string of the molecule is NC1=CC(=O)NC(S)N1c1cccc(F)c1. The fourth-order valence-corrected chi connectivity index (χ4v) is 1.89. The molecule has 0 aromatic heterocycles. The van der Waals surface area contributed by atoms with E-state index in [0.717, 1.165) is 0 Å². The van der Waals surface area contributed by atoms with Gasteiger partial charge in [-0.05, 0) is 18.2 Å². The van der Waals surface area contributed by atoms with Gasteiger partial charge in [0, 0.05) is 11.8 Å². The van der Waals surface area contributed by atoms with Crippen molar-refractivity contribution >= 4 is 24.2 Å². The van der Waals surface area contributed by atoms with Crippen LogP contribution in [0.5, 0.6) is 0 Å². The Morgan fingerprint density at radius 1 is 1.50 bits per heavy atom. The van der Waals surface area contributed by atoms with Crippen LogP contribution in [0.2, 0.25) is 0 Å². The smallest absolute Gasteiger partial charge is 0.249 e. The summed E-state index contributed by atoms with van der Waals surface area (Å²) in [5.41, 5.74) is 5.63. The van der Waals surface area contributed by atoms with Crippen LogP contribution in [0.4, 0.5) is 10.1 Å². The molecule has 3 N–H and O–H groups in total. The summed E-state index contributed by atoms with van der Waals surface area (Å²) >= 11 is 4.17. The number of benzene rings is 1. The van der Waals surface area contributed by atoms with Gasteiger partial charge in [0.25, 0.3) is 0 Å². The minimum atomic E-state index is -0.598. The van der Waals surface area contributed by atoms with E-state index in [4.69, 9.17) is 5.73 Å². The maximum Gasteiger partial charge on any atom is 0.249 e. The van der Waals surface area contributed by atoms with Gasteiger partial charge in [-0.25, -0.2) is 4.39 Å². The van der Waals surface area contributed by atoms with E-state index in [1.165, 1.54) is 23.1 Å². The maximum absolute atomic E-state index is 13.1. The highest BCUT2D eigenvalue weighted by atomic mass is 32.1. The Morgan fingerprint density at radius 3 is 2.88 bits per heavy atom. The van der Waals surface area contributed by atoms with E-state index >= 15 is 0 Å². The first-order valence-corrected chi connectivity index (χ1v) is 5.10. The summed E-state index contributed by atoms with van der Waals surface area (Å²) < 4.78 is 13.1. The summed E-state index contributed by atoms with van der Waals surface area (Å²) in [6.45, 7) is 0. The van der Waals surface area contributed by atoms with Crippen LogP contribution in [0.1, 0.15) is 0 Å². The summed E-state index contributed by atoms with van der Waals surface area (Å²) in [5.74, 6) is -0.456. The number of carbonyl (C=O) groups is 1. The van der Waals surface area contributed by atoms with Crippen LogP contribution in [0, 0.1) is 5.82 Å². The molecule has 1 aliphatic heterocycles. The molecule has 1 aromatic rings. The Morgan fingerprint density at radius 2 is 2.25 bits per heavy atom. The quantitative estimate of drug-likeness (QED) is 0.635. The highest BCUT2D eigenvalue weighted by molar-refractivity contribution is 7.81. The van der Waals surface area contributed by atoms with Gasteiger partial charge in [0.15, 0.2) is 5.50 Å². The lowest BCUT2D eigenvalue weighted by Crippen LogP contribution is -2.50. The maximum atomic E-state index is 13.1. The number of hydrogen-bond acceptors (Lipinski definition) is 4. The second-order valence-electron chi connectivity index (χ2n) is 3.30. The largest absolute Gasteiger partial charge is 0.385 e. The highest BCUT2D eigenvalue weighted by Crippen LogP contribution is 2.23. The van der Waals surface area contributed by atoms with Crippen molar-refractivity contribution in [1.82, 2.24) is 5.32 Å². The van der Waals surface area contributed by atoms with Gasteiger partial charge in [0.1, 0.15) is 11.6 Å². The third-order valence-corrected chi connectivity index (χ3v) is 2.52. The number of amides is 1. The van der Waals surface area contributed by atoms with Crippen LogP contribution in [-0.2, 0) is 4.79 Å². The number of halogens is 1. The molecule has 0 saturated carbocycles. The monoisotopic (exact) mass is 239 g/mol. The molecule has 1 heterocycles. The number of anilines is 1. The van der Waals surface area contributed by atoms with Gasteiger partial charge >= 0.3 is 0 Å². The molecule has 0 aliphatic carbocycles. The fourth-order valence-electron chi connectivity index (χ4n) is 1.49. The topological polar surface area (TPSA) is 58.4 Å². The molecule has 6 heteroatoms. The second kappa shape index (κ2) is 4.05. The number of nitrogens with zero attached hydrogens (tertiary/aromatic N) is 1. The Labute approximate surface area is 97.3 Å². The highest BCUT2D eigenvalue weighted by Gasteiger charge is 2.24. The minimum absolute atomic E-state index is 0.231. The van der Waals surface area contributed by atoms with Crippen molar-refractivity contribution in [1.29, 1.82) is 0 Å². The molecule has 1 atom stereocenters. The lowest BCUT2D eigenvalue weighted by molar-refractivity contribution is -0.117. The molecule has 0 spiro atoms. The number of carbonyl (C=O) groups excluding carboxylic acids is 1. The summed E-state index contributed by atoms with van der Waals surface area (Å²) in [5, 5.41) is 2.55. The lowest BCUT2D eigenvalue weighted by Gasteiger charge is -2.33. The Bertz CT molecular complexity index is 463. The fraction of sp³-hybridized carbons (Fsp3) is 0.100. The molecule has 2 rings (SSSR count). The first kappa shape index (κ1) is 10.8. The van der Waals surface area contributed by atoms with Gasteiger partial charge in [-0.1, -0.05) is 6.07 Å². The number of thiol groups is 1. The van der Waals surface area contributed by atoms with Gasteiger partial charge in [-0.15, -0.1) is 12.6 Å². The molecule has 0 bridgehead atoms. The Balaban J connectivity index is 2.40. The molecular formula is C10H10FN3OS. The number of nitrogens with two attached hydrogens (primary N) is 1. The summed E-state index contributed by atoms with van der Waals surface area (Å²) in [6, 6.07) is 5.90. The Kier molecular flexibility index (Phi) is 2.74. The molecule has 4 nitrogen and oxygen atoms in total. The molecule has 0 fully saturated rings. The number of hydrogen-bond donors (Lipinski definition) is 3. The zero-order valence-electron chi connectivity index (χ0n) is 8.22.